The van der Waals surface area contributed by atoms with E-state index in [0.29, 0.717) is 17.1 Å². The molecular weight excluding hydrogens is 370 g/mol. The quantitative estimate of drug-likeness (QED) is 0.752. The van der Waals surface area contributed by atoms with Gasteiger partial charge in [0.05, 0.1) is 24.7 Å². The maximum absolute atomic E-state index is 12.4. The van der Waals surface area contributed by atoms with E-state index in [0.717, 1.165) is 10.6 Å². The molecule has 2 amide bonds. The van der Waals surface area contributed by atoms with Crippen molar-refractivity contribution in [3.63, 3.8) is 0 Å². The smallest absolute Gasteiger partial charge is 0.245 e. The van der Waals surface area contributed by atoms with Crippen LogP contribution in [0.3, 0.4) is 0 Å². The largest absolute Gasteiger partial charge is 0.495 e. The minimum absolute atomic E-state index is 0.263. The van der Waals surface area contributed by atoms with Gasteiger partial charge in [0.15, 0.2) is 0 Å². The Kier molecular flexibility index (Phi) is 6.40. The summed E-state index contributed by atoms with van der Waals surface area (Å²) in [6.45, 7) is 0.919. The minimum atomic E-state index is -3.74. The predicted octanol–water partition coefficient (Wildman–Crippen LogP) is 2.06. The third kappa shape index (κ3) is 5.71. The van der Waals surface area contributed by atoms with E-state index in [9.17, 15) is 18.0 Å². The molecule has 144 valence electrons. The second-order valence-electron chi connectivity index (χ2n) is 5.75. The van der Waals surface area contributed by atoms with Gasteiger partial charge in [-0.25, -0.2) is 8.42 Å². The van der Waals surface area contributed by atoms with Gasteiger partial charge in [0.25, 0.3) is 0 Å². The Balaban J connectivity index is 2.25. The highest BCUT2D eigenvalue weighted by Crippen LogP contribution is 2.24. The van der Waals surface area contributed by atoms with Crippen molar-refractivity contribution in [1.29, 1.82) is 0 Å². The third-order valence-electron chi connectivity index (χ3n) is 3.52. The van der Waals surface area contributed by atoms with E-state index in [1.807, 2.05) is 0 Å². The Morgan fingerprint density at radius 1 is 1.07 bits per heavy atom. The third-order valence-corrected chi connectivity index (χ3v) is 4.66. The van der Waals surface area contributed by atoms with Crippen LogP contribution in [0.25, 0.3) is 0 Å². The van der Waals surface area contributed by atoms with Crippen LogP contribution in [0.1, 0.15) is 6.92 Å². The highest BCUT2D eigenvalue weighted by atomic mass is 32.2. The second kappa shape index (κ2) is 8.54. The first kappa shape index (κ1) is 20.2. The van der Waals surface area contributed by atoms with Crippen molar-refractivity contribution in [2.45, 2.75) is 6.92 Å². The molecule has 0 bridgehead atoms. The normalized spacial score (nSPS) is 10.8. The Bertz CT molecular complexity index is 944. The maximum atomic E-state index is 12.4. The molecule has 9 heteroatoms. The number of carbonyl (C=O) groups is 2. The summed E-state index contributed by atoms with van der Waals surface area (Å²) in [7, 11) is -2.26. The molecule has 0 unspecified atom stereocenters. The molecule has 0 aliphatic heterocycles. The summed E-state index contributed by atoms with van der Waals surface area (Å²) in [5.74, 6) is -0.355. The van der Waals surface area contributed by atoms with Gasteiger partial charge in [0.1, 0.15) is 12.3 Å². The molecule has 0 saturated carbocycles. The molecule has 0 aromatic heterocycles. The Morgan fingerprint density at radius 2 is 1.78 bits per heavy atom. The Hall–Kier alpha value is -3.07. The van der Waals surface area contributed by atoms with Crippen molar-refractivity contribution in [3.8, 4) is 5.75 Å². The van der Waals surface area contributed by atoms with Gasteiger partial charge in [-0.2, -0.15) is 0 Å². The number of benzene rings is 2. The SMILES string of the molecule is COc1ccccc1NC(=O)CN(c1cccc(NC(C)=O)c1)S(C)(=O)=O. The first-order valence-corrected chi connectivity index (χ1v) is 9.84. The van der Waals surface area contributed by atoms with Gasteiger partial charge in [0.2, 0.25) is 21.8 Å². The number of anilines is 3. The highest BCUT2D eigenvalue weighted by Gasteiger charge is 2.22. The number of para-hydroxylation sites is 2. The molecule has 0 fully saturated rings. The first-order chi connectivity index (χ1) is 12.7. The fourth-order valence-electron chi connectivity index (χ4n) is 2.41. The summed E-state index contributed by atoms with van der Waals surface area (Å²) in [6.07, 6.45) is 1.01. The summed E-state index contributed by atoms with van der Waals surface area (Å²) in [5, 5.41) is 5.22. The Morgan fingerprint density at radius 3 is 2.41 bits per heavy atom. The summed E-state index contributed by atoms with van der Waals surface area (Å²) in [5.41, 5.74) is 1.13. The zero-order chi connectivity index (χ0) is 20.0. The zero-order valence-electron chi connectivity index (χ0n) is 15.2. The van der Waals surface area contributed by atoms with E-state index in [4.69, 9.17) is 4.74 Å². The van der Waals surface area contributed by atoms with Gasteiger partial charge in [-0.05, 0) is 30.3 Å². The number of nitrogens with zero attached hydrogens (tertiary/aromatic N) is 1. The number of hydrogen-bond acceptors (Lipinski definition) is 5. The molecule has 0 saturated heterocycles. The Labute approximate surface area is 158 Å². The fourth-order valence-corrected chi connectivity index (χ4v) is 3.26. The number of ether oxygens (including phenoxy) is 1. The lowest BCUT2D eigenvalue weighted by molar-refractivity contribution is -0.115. The molecule has 0 aliphatic rings. The lowest BCUT2D eigenvalue weighted by Gasteiger charge is -2.22. The van der Waals surface area contributed by atoms with Crippen molar-refractivity contribution in [1.82, 2.24) is 0 Å². The molecular formula is C18H21N3O5S. The van der Waals surface area contributed by atoms with Gasteiger partial charge >= 0.3 is 0 Å². The van der Waals surface area contributed by atoms with Crippen LogP contribution in [0.15, 0.2) is 48.5 Å². The summed E-state index contributed by atoms with van der Waals surface area (Å²) < 4.78 is 30.6. The van der Waals surface area contributed by atoms with Gasteiger partial charge in [-0.3, -0.25) is 13.9 Å². The standard InChI is InChI=1S/C18H21N3O5S/c1-13(22)19-14-7-6-8-15(11-14)21(27(3,24)25)12-18(23)20-16-9-4-5-10-17(16)26-2/h4-11H,12H2,1-3H3,(H,19,22)(H,20,23). The lowest BCUT2D eigenvalue weighted by atomic mass is 10.2. The van der Waals surface area contributed by atoms with Crippen LogP contribution in [0.5, 0.6) is 5.75 Å². The number of hydrogen-bond donors (Lipinski definition) is 2. The van der Waals surface area contributed by atoms with Crippen LogP contribution in [0.2, 0.25) is 0 Å². The van der Waals surface area contributed by atoms with E-state index in [2.05, 4.69) is 10.6 Å². The van der Waals surface area contributed by atoms with E-state index >= 15 is 0 Å². The van der Waals surface area contributed by atoms with Gasteiger partial charge < -0.3 is 15.4 Å². The van der Waals surface area contributed by atoms with Crippen LogP contribution in [-0.2, 0) is 19.6 Å². The lowest BCUT2D eigenvalue weighted by Crippen LogP contribution is -2.37. The second-order valence-corrected chi connectivity index (χ2v) is 7.66. The van der Waals surface area contributed by atoms with Crippen molar-refractivity contribution in [3.05, 3.63) is 48.5 Å². The van der Waals surface area contributed by atoms with Crippen LogP contribution in [0.4, 0.5) is 17.1 Å². The number of carbonyl (C=O) groups excluding carboxylic acids is 2. The molecule has 0 aliphatic carbocycles. The van der Waals surface area contributed by atoms with Gasteiger partial charge in [-0.15, -0.1) is 0 Å². The van der Waals surface area contributed by atoms with E-state index in [1.165, 1.54) is 20.1 Å². The van der Waals surface area contributed by atoms with E-state index < -0.39 is 22.5 Å². The molecule has 2 N–H and O–H groups in total. The topological polar surface area (TPSA) is 105 Å². The summed E-state index contributed by atoms with van der Waals surface area (Å²) in [4.78, 5) is 23.6. The molecule has 2 rings (SSSR count). The molecule has 0 atom stereocenters. The van der Waals surface area contributed by atoms with Crippen LogP contribution in [-0.4, -0.2) is 40.1 Å². The number of methoxy groups -OCH3 is 1. The number of sulfonamides is 1. The van der Waals surface area contributed by atoms with Crippen molar-refractivity contribution in [2.75, 3.05) is 34.8 Å². The average molecular weight is 391 g/mol. The minimum Gasteiger partial charge on any atom is -0.495 e. The molecule has 8 nitrogen and oxygen atoms in total. The molecule has 0 radical (unpaired) electrons. The van der Waals surface area contributed by atoms with Gasteiger partial charge in [-0.1, -0.05) is 18.2 Å². The van der Waals surface area contributed by atoms with Crippen LogP contribution < -0.4 is 19.7 Å². The molecule has 2 aromatic carbocycles. The molecule has 0 heterocycles. The average Bonchev–Trinajstić information content (AvgIpc) is 2.59. The van der Waals surface area contributed by atoms with Crippen LogP contribution >= 0.6 is 0 Å². The van der Waals surface area contributed by atoms with Crippen molar-refractivity contribution >= 4 is 38.9 Å². The van der Waals surface area contributed by atoms with E-state index in [-0.39, 0.29) is 11.6 Å². The fraction of sp³-hybridized carbons (Fsp3) is 0.222. The van der Waals surface area contributed by atoms with Gasteiger partial charge in [0, 0.05) is 12.6 Å². The highest BCUT2D eigenvalue weighted by molar-refractivity contribution is 7.92. The monoisotopic (exact) mass is 391 g/mol. The summed E-state index contributed by atoms with van der Waals surface area (Å²) >= 11 is 0. The maximum Gasteiger partial charge on any atom is 0.245 e. The van der Waals surface area contributed by atoms with E-state index in [1.54, 1.807) is 42.5 Å². The number of amides is 2. The van der Waals surface area contributed by atoms with Crippen molar-refractivity contribution < 1.29 is 22.7 Å². The summed E-state index contributed by atoms with van der Waals surface area (Å²) in [6, 6.07) is 13.1. The first-order valence-electron chi connectivity index (χ1n) is 7.99. The number of rotatable bonds is 7. The van der Waals surface area contributed by atoms with Crippen molar-refractivity contribution in [2.24, 2.45) is 0 Å². The van der Waals surface area contributed by atoms with Crippen LogP contribution in [0, 0.1) is 0 Å². The number of nitrogens with one attached hydrogen (secondary N) is 2. The zero-order valence-corrected chi connectivity index (χ0v) is 16.0. The molecule has 0 spiro atoms. The predicted molar refractivity (Wildman–Crippen MR) is 105 cm³/mol. The molecule has 27 heavy (non-hydrogen) atoms. The molecule has 2 aromatic rings.